The molecule has 1 aliphatic rings. The Kier molecular flexibility index (Phi) is 3.08. The van der Waals surface area contributed by atoms with E-state index < -0.39 is 0 Å². The minimum absolute atomic E-state index is 0.406. The highest BCUT2D eigenvalue weighted by Crippen LogP contribution is 2.38. The Hall–Kier alpha value is -0.860. The molecule has 1 aromatic carbocycles. The normalized spacial score (nSPS) is 17.7. The van der Waals surface area contributed by atoms with E-state index in [1.807, 2.05) is 0 Å². The Balaban J connectivity index is 1.98. The summed E-state index contributed by atoms with van der Waals surface area (Å²) in [5.74, 6) is 0. The number of likely N-dealkylation sites (N-methyl/N-ethyl adjacent to an activating group) is 1. The predicted molar refractivity (Wildman–Crippen MR) is 61.9 cm³/mol. The van der Waals surface area contributed by atoms with Gasteiger partial charge in [0.05, 0.1) is 6.61 Å². The van der Waals surface area contributed by atoms with Gasteiger partial charge in [-0.15, -0.1) is 0 Å². The van der Waals surface area contributed by atoms with Gasteiger partial charge in [-0.1, -0.05) is 24.3 Å². The Bertz CT molecular complexity index is 314. The molecule has 0 amide bonds. The molecular formula is C13H19NO. The summed E-state index contributed by atoms with van der Waals surface area (Å²) in [6, 6.07) is 8.74. The zero-order chi connectivity index (χ0) is 10.7. The van der Waals surface area contributed by atoms with Crippen LogP contribution in [0.5, 0.6) is 0 Å². The molecule has 82 valence electrons. The van der Waals surface area contributed by atoms with Crippen LogP contribution in [0, 0.1) is 0 Å². The lowest BCUT2D eigenvalue weighted by Gasteiger charge is -2.14. The van der Waals surface area contributed by atoms with E-state index in [9.17, 15) is 0 Å². The van der Waals surface area contributed by atoms with Gasteiger partial charge in [-0.2, -0.15) is 0 Å². The van der Waals surface area contributed by atoms with Crippen LogP contribution in [-0.2, 0) is 17.8 Å². The highest BCUT2D eigenvalue weighted by atomic mass is 16.5. The molecule has 2 nitrogen and oxygen atoms in total. The van der Waals surface area contributed by atoms with Crippen molar-refractivity contribution in [3.05, 3.63) is 35.4 Å². The van der Waals surface area contributed by atoms with E-state index in [1.165, 1.54) is 24.0 Å². The second-order valence-electron chi connectivity index (χ2n) is 4.46. The van der Waals surface area contributed by atoms with Gasteiger partial charge in [0.25, 0.3) is 0 Å². The Morgan fingerprint density at radius 2 is 1.80 bits per heavy atom. The van der Waals surface area contributed by atoms with E-state index >= 15 is 0 Å². The van der Waals surface area contributed by atoms with Crippen LogP contribution in [0.15, 0.2) is 24.3 Å². The lowest BCUT2D eigenvalue weighted by atomic mass is 10.0. The molecule has 1 fully saturated rings. The first-order valence-corrected chi connectivity index (χ1v) is 5.54. The Morgan fingerprint density at radius 1 is 1.20 bits per heavy atom. The van der Waals surface area contributed by atoms with Gasteiger partial charge >= 0.3 is 0 Å². The largest absolute Gasteiger partial charge is 0.380 e. The van der Waals surface area contributed by atoms with Crippen molar-refractivity contribution in [2.45, 2.75) is 31.4 Å². The number of nitrogens with one attached hydrogen (secondary N) is 1. The van der Waals surface area contributed by atoms with E-state index in [-0.39, 0.29) is 0 Å². The molecule has 1 saturated carbocycles. The average molecular weight is 205 g/mol. The van der Waals surface area contributed by atoms with Crippen molar-refractivity contribution in [2.75, 3.05) is 14.2 Å². The third kappa shape index (κ3) is 2.58. The van der Waals surface area contributed by atoms with Gasteiger partial charge in [0, 0.05) is 12.6 Å². The number of benzene rings is 1. The maximum absolute atomic E-state index is 5.09. The smallest absolute Gasteiger partial charge is 0.0713 e. The molecule has 1 aliphatic carbocycles. The molecule has 0 atom stereocenters. The summed E-state index contributed by atoms with van der Waals surface area (Å²) in [5, 5.41) is 3.42. The standard InChI is InChI=1S/C13H19NO/c1-14-13(7-8-13)9-11-3-5-12(6-4-11)10-15-2/h3-6,14H,7-10H2,1-2H3. The zero-order valence-corrected chi connectivity index (χ0v) is 9.55. The quantitative estimate of drug-likeness (QED) is 0.795. The van der Waals surface area contributed by atoms with Crippen molar-refractivity contribution in [1.82, 2.24) is 5.32 Å². The number of rotatable bonds is 5. The summed E-state index contributed by atoms with van der Waals surface area (Å²) >= 11 is 0. The second-order valence-corrected chi connectivity index (χ2v) is 4.46. The van der Waals surface area contributed by atoms with Crippen LogP contribution in [-0.4, -0.2) is 19.7 Å². The van der Waals surface area contributed by atoms with Crippen LogP contribution < -0.4 is 5.32 Å². The van der Waals surface area contributed by atoms with E-state index in [4.69, 9.17) is 4.74 Å². The fourth-order valence-electron chi connectivity index (χ4n) is 1.98. The molecule has 0 heterocycles. The van der Waals surface area contributed by atoms with Crippen LogP contribution in [0.25, 0.3) is 0 Å². The van der Waals surface area contributed by atoms with E-state index in [2.05, 4.69) is 36.6 Å². The first-order valence-electron chi connectivity index (χ1n) is 5.54. The maximum atomic E-state index is 5.09. The first kappa shape index (κ1) is 10.7. The number of methoxy groups -OCH3 is 1. The first-order chi connectivity index (χ1) is 7.28. The van der Waals surface area contributed by atoms with Crippen molar-refractivity contribution in [1.29, 1.82) is 0 Å². The van der Waals surface area contributed by atoms with Crippen molar-refractivity contribution in [2.24, 2.45) is 0 Å². The van der Waals surface area contributed by atoms with Crippen LogP contribution in [0.3, 0.4) is 0 Å². The number of hydrogen-bond acceptors (Lipinski definition) is 2. The monoisotopic (exact) mass is 205 g/mol. The van der Waals surface area contributed by atoms with Crippen molar-refractivity contribution < 1.29 is 4.74 Å². The lowest BCUT2D eigenvalue weighted by molar-refractivity contribution is 0.185. The number of hydrogen-bond donors (Lipinski definition) is 1. The molecule has 1 N–H and O–H groups in total. The summed E-state index contributed by atoms with van der Waals surface area (Å²) in [6.07, 6.45) is 3.77. The number of ether oxygens (including phenoxy) is 1. The fraction of sp³-hybridized carbons (Fsp3) is 0.538. The van der Waals surface area contributed by atoms with E-state index in [0.29, 0.717) is 12.1 Å². The van der Waals surface area contributed by atoms with Gasteiger partial charge in [-0.3, -0.25) is 0 Å². The predicted octanol–water partition coefficient (Wildman–Crippen LogP) is 2.13. The van der Waals surface area contributed by atoms with Gasteiger partial charge in [0.15, 0.2) is 0 Å². The van der Waals surface area contributed by atoms with Gasteiger partial charge < -0.3 is 10.1 Å². The van der Waals surface area contributed by atoms with Crippen LogP contribution in [0.2, 0.25) is 0 Å². The molecule has 0 radical (unpaired) electrons. The summed E-state index contributed by atoms with van der Waals surface area (Å²) in [4.78, 5) is 0. The van der Waals surface area contributed by atoms with E-state index in [0.717, 1.165) is 6.42 Å². The SMILES string of the molecule is CNC1(Cc2ccc(COC)cc2)CC1. The molecule has 0 spiro atoms. The molecular weight excluding hydrogens is 186 g/mol. The minimum Gasteiger partial charge on any atom is -0.380 e. The summed E-state index contributed by atoms with van der Waals surface area (Å²) in [6.45, 7) is 0.706. The lowest BCUT2D eigenvalue weighted by Crippen LogP contribution is -2.29. The molecule has 15 heavy (non-hydrogen) atoms. The second kappa shape index (κ2) is 4.33. The summed E-state index contributed by atoms with van der Waals surface area (Å²) in [5.41, 5.74) is 3.07. The summed E-state index contributed by atoms with van der Waals surface area (Å²) in [7, 11) is 3.79. The minimum atomic E-state index is 0.406. The zero-order valence-electron chi connectivity index (χ0n) is 9.55. The fourth-order valence-corrected chi connectivity index (χ4v) is 1.98. The third-order valence-electron chi connectivity index (χ3n) is 3.26. The molecule has 2 rings (SSSR count). The molecule has 0 saturated heterocycles. The topological polar surface area (TPSA) is 21.3 Å². The summed E-state index contributed by atoms with van der Waals surface area (Å²) < 4.78 is 5.09. The highest BCUT2D eigenvalue weighted by Gasteiger charge is 2.40. The average Bonchev–Trinajstić information content (AvgIpc) is 3.02. The van der Waals surface area contributed by atoms with Gasteiger partial charge in [-0.05, 0) is 37.4 Å². The Morgan fingerprint density at radius 3 is 2.27 bits per heavy atom. The molecule has 0 aromatic heterocycles. The van der Waals surface area contributed by atoms with Crippen molar-refractivity contribution >= 4 is 0 Å². The van der Waals surface area contributed by atoms with E-state index in [1.54, 1.807) is 7.11 Å². The highest BCUT2D eigenvalue weighted by molar-refractivity contribution is 5.25. The molecule has 0 unspecified atom stereocenters. The molecule has 2 heteroatoms. The Labute approximate surface area is 91.6 Å². The van der Waals surface area contributed by atoms with Crippen LogP contribution >= 0.6 is 0 Å². The van der Waals surface area contributed by atoms with Crippen molar-refractivity contribution in [3.8, 4) is 0 Å². The van der Waals surface area contributed by atoms with Gasteiger partial charge in [0.1, 0.15) is 0 Å². The molecule has 0 aliphatic heterocycles. The molecule has 1 aromatic rings. The van der Waals surface area contributed by atoms with Crippen LogP contribution in [0.4, 0.5) is 0 Å². The van der Waals surface area contributed by atoms with Gasteiger partial charge in [-0.25, -0.2) is 0 Å². The maximum Gasteiger partial charge on any atom is 0.0713 e. The van der Waals surface area contributed by atoms with Crippen molar-refractivity contribution in [3.63, 3.8) is 0 Å². The van der Waals surface area contributed by atoms with Crippen LogP contribution in [0.1, 0.15) is 24.0 Å². The third-order valence-corrected chi connectivity index (χ3v) is 3.26. The van der Waals surface area contributed by atoms with Gasteiger partial charge in [0.2, 0.25) is 0 Å². The molecule has 0 bridgehead atoms.